The number of rotatable bonds is 4. The van der Waals surface area contributed by atoms with Gasteiger partial charge in [0, 0.05) is 43.8 Å². The van der Waals surface area contributed by atoms with Crippen LogP contribution in [0, 0.1) is 0 Å². The largest absolute Gasteiger partial charge is 0.369 e. The second-order valence-corrected chi connectivity index (χ2v) is 8.78. The lowest BCUT2D eigenvalue weighted by molar-refractivity contribution is 0.313. The van der Waals surface area contributed by atoms with E-state index in [1.54, 1.807) is 0 Å². The molecule has 2 aliphatic rings. The Morgan fingerprint density at radius 2 is 1.75 bits per heavy atom. The first-order chi connectivity index (χ1) is 15.7. The highest BCUT2D eigenvalue weighted by Gasteiger charge is 2.26. The normalized spacial score (nSPS) is 18.8. The van der Waals surface area contributed by atoms with Crippen molar-refractivity contribution in [3.63, 3.8) is 0 Å². The highest BCUT2D eigenvalue weighted by atomic mass is 15.3. The minimum Gasteiger partial charge on any atom is -0.369 e. The van der Waals surface area contributed by atoms with Crippen molar-refractivity contribution in [1.29, 1.82) is 0 Å². The van der Waals surface area contributed by atoms with Crippen molar-refractivity contribution in [3.8, 4) is 0 Å². The Hall–Kier alpha value is -3.45. The summed E-state index contributed by atoms with van der Waals surface area (Å²) < 4.78 is 2.06. The Bertz CT molecular complexity index is 1240. The Morgan fingerprint density at radius 1 is 0.938 bits per heavy atom. The number of nitrogens with one attached hydrogen (secondary N) is 1. The molecule has 1 fully saturated rings. The summed E-state index contributed by atoms with van der Waals surface area (Å²) in [5, 5.41) is 9.00. The summed E-state index contributed by atoms with van der Waals surface area (Å²) in [4.78, 5) is 14.2. The molecular formula is C25H27N7. The van der Waals surface area contributed by atoms with Gasteiger partial charge >= 0.3 is 0 Å². The maximum atomic E-state index is 4.83. The molecule has 32 heavy (non-hydrogen) atoms. The summed E-state index contributed by atoms with van der Waals surface area (Å²) in [7, 11) is 2.18. The van der Waals surface area contributed by atoms with Gasteiger partial charge in [0.25, 0.3) is 0 Å². The standard InChI is InChI=1S/C25H27N7/c1-30-12-14-31(15-13-30)21-9-7-20(8-10-21)28-25-26-16-19-17-27-32(24(19)29-25)23-11-6-18-4-2-3-5-22(18)23/h2-5,7-10,16-17,23H,6,11-15H2,1H3,(H,26,28,29)/t23-/m1/s1. The zero-order chi connectivity index (χ0) is 21.5. The van der Waals surface area contributed by atoms with Crippen molar-refractivity contribution < 1.29 is 0 Å². The molecule has 0 radical (unpaired) electrons. The van der Waals surface area contributed by atoms with Crippen molar-refractivity contribution in [1.82, 2.24) is 24.6 Å². The fourth-order valence-electron chi connectivity index (χ4n) is 4.86. The van der Waals surface area contributed by atoms with Gasteiger partial charge in [-0.3, -0.25) is 0 Å². The van der Waals surface area contributed by atoms with Crippen LogP contribution < -0.4 is 10.2 Å². The number of aryl methyl sites for hydroxylation is 1. The molecule has 1 saturated heterocycles. The molecule has 0 amide bonds. The van der Waals surface area contributed by atoms with Crippen LogP contribution in [0.1, 0.15) is 23.6 Å². The maximum absolute atomic E-state index is 4.83. The first kappa shape index (κ1) is 19.3. The molecule has 3 heterocycles. The lowest BCUT2D eigenvalue weighted by Crippen LogP contribution is -2.44. The summed E-state index contributed by atoms with van der Waals surface area (Å²) in [6.07, 6.45) is 5.85. The molecule has 7 heteroatoms. The topological polar surface area (TPSA) is 62.1 Å². The van der Waals surface area contributed by atoms with E-state index < -0.39 is 0 Å². The first-order valence-corrected chi connectivity index (χ1v) is 11.3. The van der Waals surface area contributed by atoms with Crippen molar-refractivity contribution in [2.45, 2.75) is 18.9 Å². The van der Waals surface area contributed by atoms with Gasteiger partial charge in [-0.2, -0.15) is 10.1 Å². The van der Waals surface area contributed by atoms with Gasteiger partial charge in [-0.1, -0.05) is 24.3 Å². The third-order valence-corrected chi connectivity index (χ3v) is 6.72. The summed E-state index contributed by atoms with van der Waals surface area (Å²) in [5.74, 6) is 0.595. The second-order valence-electron chi connectivity index (χ2n) is 8.78. The second kappa shape index (κ2) is 7.91. The van der Waals surface area contributed by atoms with Crippen molar-refractivity contribution in [2.75, 3.05) is 43.4 Å². The van der Waals surface area contributed by atoms with Gasteiger partial charge in [0.15, 0.2) is 5.65 Å². The average molecular weight is 426 g/mol. The molecule has 6 rings (SSSR count). The zero-order valence-electron chi connectivity index (χ0n) is 18.3. The lowest BCUT2D eigenvalue weighted by atomic mass is 10.1. The lowest BCUT2D eigenvalue weighted by Gasteiger charge is -2.34. The van der Waals surface area contributed by atoms with Crippen LogP contribution in [0.25, 0.3) is 11.0 Å². The number of anilines is 3. The quantitative estimate of drug-likeness (QED) is 0.536. The molecule has 0 spiro atoms. The number of piperazine rings is 1. The van der Waals surface area contributed by atoms with E-state index in [0.717, 1.165) is 55.7 Å². The van der Waals surface area contributed by atoms with Crippen molar-refractivity contribution >= 4 is 28.4 Å². The fraction of sp³-hybridized carbons (Fsp3) is 0.320. The smallest absolute Gasteiger partial charge is 0.229 e. The Labute approximate surface area is 187 Å². The molecule has 2 aromatic carbocycles. The molecular weight excluding hydrogens is 398 g/mol. The van der Waals surface area contributed by atoms with Crippen LogP contribution in [0.3, 0.4) is 0 Å². The molecule has 1 atom stereocenters. The van der Waals surface area contributed by atoms with E-state index in [4.69, 9.17) is 4.98 Å². The minimum absolute atomic E-state index is 0.231. The molecule has 0 saturated carbocycles. The van der Waals surface area contributed by atoms with Crippen LogP contribution >= 0.6 is 0 Å². The molecule has 0 unspecified atom stereocenters. The van der Waals surface area contributed by atoms with Crippen LogP contribution in [-0.4, -0.2) is 57.9 Å². The SMILES string of the molecule is CN1CCN(c2ccc(Nc3ncc4cnn([C@@H]5CCc6ccccc65)c4n3)cc2)CC1. The van der Waals surface area contributed by atoms with Gasteiger partial charge in [0.05, 0.1) is 17.6 Å². The van der Waals surface area contributed by atoms with E-state index in [2.05, 4.69) is 85.5 Å². The molecule has 1 N–H and O–H groups in total. The molecule has 7 nitrogen and oxygen atoms in total. The van der Waals surface area contributed by atoms with Gasteiger partial charge in [-0.15, -0.1) is 0 Å². The van der Waals surface area contributed by atoms with Gasteiger partial charge < -0.3 is 15.1 Å². The predicted octanol–water partition coefficient (Wildman–Crippen LogP) is 3.86. The maximum Gasteiger partial charge on any atom is 0.229 e. The van der Waals surface area contributed by atoms with E-state index in [1.807, 2.05) is 12.4 Å². The summed E-state index contributed by atoms with van der Waals surface area (Å²) in [5.41, 5.74) is 5.88. The predicted molar refractivity (Wildman–Crippen MR) is 128 cm³/mol. The summed E-state index contributed by atoms with van der Waals surface area (Å²) in [6, 6.07) is 17.4. The summed E-state index contributed by atoms with van der Waals surface area (Å²) in [6.45, 7) is 4.34. The fourth-order valence-corrected chi connectivity index (χ4v) is 4.86. The highest BCUT2D eigenvalue weighted by molar-refractivity contribution is 5.75. The van der Waals surface area contributed by atoms with E-state index in [1.165, 1.54) is 16.8 Å². The van der Waals surface area contributed by atoms with Crippen LogP contribution in [0.2, 0.25) is 0 Å². The Balaban J connectivity index is 1.23. The molecule has 1 aliphatic carbocycles. The number of aromatic nitrogens is 4. The Kier molecular flexibility index (Phi) is 4.76. The number of fused-ring (bicyclic) bond motifs is 2. The van der Waals surface area contributed by atoms with E-state index in [0.29, 0.717) is 5.95 Å². The number of hydrogen-bond donors (Lipinski definition) is 1. The van der Waals surface area contributed by atoms with Gasteiger partial charge in [-0.25, -0.2) is 9.67 Å². The third-order valence-electron chi connectivity index (χ3n) is 6.72. The Morgan fingerprint density at radius 3 is 2.59 bits per heavy atom. The number of benzene rings is 2. The molecule has 0 bridgehead atoms. The van der Waals surface area contributed by atoms with Gasteiger partial charge in [0.1, 0.15) is 0 Å². The van der Waals surface area contributed by atoms with E-state index in [9.17, 15) is 0 Å². The average Bonchev–Trinajstić information content (AvgIpc) is 3.44. The molecule has 1 aliphatic heterocycles. The van der Waals surface area contributed by atoms with E-state index in [-0.39, 0.29) is 6.04 Å². The van der Waals surface area contributed by atoms with Crippen LogP contribution in [0.5, 0.6) is 0 Å². The van der Waals surface area contributed by atoms with Crippen LogP contribution in [-0.2, 0) is 6.42 Å². The number of nitrogens with zero attached hydrogens (tertiary/aromatic N) is 6. The van der Waals surface area contributed by atoms with Crippen LogP contribution in [0.15, 0.2) is 60.9 Å². The number of hydrogen-bond acceptors (Lipinski definition) is 6. The summed E-state index contributed by atoms with van der Waals surface area (Å²) >= 11 is 0. The van der Waals surface area contributed by atoms with E-state index >= 15 is 0 Å². The van der Waals surface area contributed by atoms with Crippen molar-refractivity contribution in [3.05, 3.63) is 72.1 Å². The molecule has 2 aromatic heterocycles. The number of likely N-dealkylation sites (N-methyl/N-ethyl adjacent to an activating group) is 1. The van der Waals surface area contributed by atoms with Crippen LogP contribution in [0.4, 0.5) is 17.3 Å². The third kappa shape index (κ3) is 3.48. The zero-order valence-corrected chi connectivity index (χ0v) is 18.3. The first-order valence-electron chi connectivity index (χ1n) is 11.3. The minimum atomic E-state index is 0.231. The van der Waals surface area contributed by atoms with Crippen molar-refractivity contribution in [2.24, 2.45) is 0 Å². The molecule has 162 valence electrons. The van der Waals surface area contributed by atoms with Gasteiger partial charge in [0.2, 0.25) is 5.95 Å². The highest BCUT2D eigenvalue weighted by Crippen LogP contribution is 2.35. The molecule has 4 aromatic rings. The van der Waals surface area contributed by atoms with Gasteiger partial charge in [-0.05, 0) is 55.3 Å². The monoisotopic (exact) mass is 425 g/mol.